The Hall–Kier alpha value is -2.98. The Labute approximate surface area is 137 Å². The van der Waals surface area contributed by atoms with Crippen molar-refractivity contribution in [2.75, 3.05) is 13.1 Å². The second kappa shape index (κ2) is 7.53. The summed E-state index contributed by atoms with van der Waals surface area (Å²) in [6.07, 6.45) is 6.49. The van der Waals surface area contributed by atoms with E-state index in [0.717, 1.165) is 12.1 Å². The molecule has 0 aliphatic heterocycles. The van der Waals surface area contributed by atoms with Gasteiger partial charge in [0.1, 0.15) is 5.56 Å². The third kappa shape index (κ3) is 3.50. The van der Waals surface area contributed by atoms with E-state index in [1.54, 1.807) is 0 Å². The molecular weight excluding hydrogens is 316 g/mol. The summed E-state index contributed by atoms with van der Waals surface area (Å²) < 4.78 is 27.8. The molecule has 2 aromatic rings. The minimum atomic E-state index is -1.04. The number of pyridine rings is 1. The van der Waals surface area contributed by atoms with E-state index in [-0.39, 0.29) is 18.7 Å². The van der Waals surface area contributed by atoms with Crippen LogP contribution in [-0.4, -0.2) is 23.6 Å². The zero-order valence-corrected chi connectivity index (χ0v) is 12.6. The number of aromatic nitrogens is 1. The molecule has 0 aliphatic rings. The van der Waals surface area contributed by atoms with E-state index in [1.807, 2.05) is 0 Å². The SMILES string of the molecule is C#CCNC(=O)c1cccn([C@@H](CN)c2ccc(F)c(F)c2)c1=O. The van der Waals surface area contributed by atoms with E-state index in [9.17, 15) is 18.4 Å². The zero-order chi connectivity index (χ0) is 17.7. The number of halogens is 2. The van der Waals surface area contributed by atoms with Gasteiger partial charge in [0.15, 0.2) is 11.6 Å². The molecule has 24 heavy (non-hydrogen) atoms. The Morgan fingerprint density at radius 1 is 1.33 bits per heavy atom. The first kappa shape index (κ1) is 17.4. The lowest BCUT2D eigenvalue weighted by Crippen LogP contribution is -2.36. The van der Waals surface area contributed by atoms with Gasteiger partial charge in [-0.1, -0.05) is 12.0 Å². The van der Waals surface area contributed by atoms with Gasteiger partial charge in [0, 0.05) is 12.7 Å². The second-order valence-electron chi connectivity index (χ2n) is 4.95. The number of benzene rings is 1. The lowest BCUT2D eigenvalue weighted by atomic mass is 10.1. The molecule has 124 valence electrons. The minimum absolute atomic E-state index is 0.0172. The summed E-state index contributed by atoms with van der Waals surface area (Å²) in [5.74, 6) is -0.417. The number of nitrogens with zero attached hydrogens (tertiary/aromatic N) is 1. The Morgan fingerprint density at radius 3 is 2.71 bits per heavy atom. The van der Waals surface area contributed by atoms with E-state index in [0.29, 0.717) is 5.56 Å². The summed E-state index contributed by atoms with van der Waals surface area (Å²) in [7, 11) is 0. The molecule has 0 radical (unpaired) electrons. The fourth-order valence-electron chi connectivity index (χ4n) is 2.28. The standard InChI is InChI=1S/C17H15F2N3O2/c1-2-7-21-16(23)12-4-3-8-22(17(12)24)15(10-20)11-5-6-13(18)14(19)9-11/h1,3-6,8-9,15H,7,10,20H2,(H,21,23)/t15-/m0/s1. The van der Waals surface area contributed by atoms with Crippen LogP contribution >= 0.6 is 0 Å². The number of rotatable bonds is 5. The molecule has 5 nitrogen and oxygen atoms in total. The van der Waals surface area contributed by atoms with Crippen molar-refractivity contribution >= 4 is 5.91 Å². The highest BCUT2D eigenvalue weighted by atomic mass is 19.2. The second-order valence-corrected chi connectivity index (χ2v) is 4.95. The number of amides is 1. The van der Waals surface area contributed by atoms with Gasteiger partial charge in [-0.15, -0.1) is 6.42 Å². The number of carbonyl (C=O) groups is 1. The smallest absolute Gasteiger partial charge is 0.264 e. The van der Waals surface area contributed by atoms with Gasteiger partial charge < -0.3 is 15.6 Å². The lowest BCUT2D eigenvalue weighted by molar-refractivity contribution is 0.0956. The average Bonchev–Trinajstić information content (AvgIpc) is 2.58. The van der Waals surface area contributed by atoms with Crippen molar-refractivity contribution < 1.29 is 13.6 Å². The van der Waals surface area contributed by atoms with Gasteiger partial charge in [-0.25, -0.2) is 8.78 Å². The molecule has 0 aliphatic carbocycles. The molecule has 3 N–H and O–H groups in total. The van der Waals surface area contributed by atoms with Crippen molar-refractivity contribution in [1.82, 2.24) is 9.88 Å². The van der Waals surface area contributed by atoms with Gasteiger partial charge in [0.2, 0.25) is 0 Å². The van der Waals surface area contributed by atoms with Crippen LogP contribution < -0.4 is 16.6 Å². The van der Waals surface area contributed by atoms with Crippen LogP contribution in [0.25, 0.3) is 0 Å². The summed E-state index contributed by atoms with van der Waals surface area (Å²) >= 11 is 0. The van der Waals surface area contributed by atoms with E-state index in [4.69, 9.17) is 12.2 Å². The maximum atomic E-state index is 13.5. The molecule has 0 saturated carbocycles. The Balaban J connectivity index is 2.46. The zero-order valence-electron chi connectivity index (χ0n) is 12.6. The normalized spacial score (nSPS) is 11.6. The van der Waals surface area contributed by atoms with Gasteiger partial charge in [-0.2, -0.15) is 0 Å². The van der Waals surface area contributed by atoms with Crippen LogP contribution in [0.2, 0.25) is 0 Å². The molecule has 1 aromatic carbocycles. The largest absolute Gasteiger partial charge is 0.341 e. The van der Waals surface area contributed by atoms with Crippen LogP contribution in [0.1, 0.15) is 22.0 Å². The Bertz CT molecular complexity index is 856. The Morgan fingerprint density at radius 2 is 2.08 bits per heavy atom. The topological polar surface area (TPSA) is 77.1 Å². The molecule has 0 bridgehead atoms. The summed E-state index contributed by atoms with van der Waals surface area (Å²) in [5.41, 5.74) is 5.30. The van der Waals surface area contributed by atoms with E-state index < -0.39 is 29.1 Å². The molecule has 1 heterocycles. The van der Waals surface area contributed by atoms with Gasteiger partial charge in [-0.3, -0.25) is 9.59 Å². The third-order valence-corrected chi connectivity index (χ3v) is 3.46. The van der Waals surface area contributed by atoms with Crippen molar-refractivity contribution in [3.63, 3.8) is 0 Å². The molecule has 1 aromatic heterocycles. The molecule has 7 heteroatoms. The predicted octanol–water partition coefficient (Wildman–Crippen LogP) is 1.04. The van der Waals surface area contributed by atoms with Gasteiger partial charge in [0.05, 0.1) is 12.6 Å². The van der Waals surface area contributed by atoms with Crippen molar-refractivity contribution in [2.45, 2.75) is 6.04 Å². The number of carbonyl (C=O) groups excluding carboxylic acids is 1. The number of hydrogen-bond acceptors (Lipinski definition) is 3. The fourth-order valence-corrected chi connectivity index (χ4v) is 2.28. The monoisotopic (exact) mass is 331 g/mol. The van der Waals surface area contributed by atoms with Crippen LogP contribution in [0.4, 0.5) is 8.78 Å². The number of nitrogens with two attached hydrogens (primary N) is 1. The highest BCUT2D eigenvalue weighted by Gasteiger charge is 2.19. The van der Waals surface area contributed by atoms with Gasteiger partial charge >= 0.3 is 0 Å². The molecule has 1 atom stereocenters. The first-order valence-electron chi connectivity index (χ1n) is 7.07. The Kier molecular flexibility index (Phi) is 5.45. The van der Waals surface area contributed by atoms with Crippen LogP contribution in [0.3, 0.4) is 0 Å². The van der Waals surface area contributed by atoms with Crippen molar-refractivity contribution in [3.05, 3.63) is 69.6 Å². The highest BCUT2D eigenvalue weighted by Crippen LogP contribution is 2.18. The predicted molar refractivity (Wildman–Crippen MR) is 85.4 cm³/mol. The summed E-state index contributed by atoms with van der Waals surface area (Å²) in [6, 6.07) is 5.38. The van der Waals surface area contributed by atoms with Gasteiger partial charge in [0.25, 0.3) is 11.5 Å². The molecular formula is C17H15F2N3O2. The minimum Gasteiger partial charge on any atom is -0.341 e. The lowest BCUT2D eigenvalue weighted by Gasteiger charge is -2.19. The van der Waals surface area contributed by atoms with Crippen molar-refractivity contribution in [2.24, 2.45) is 5.73 Å². The number of nitrogens with one attached hydrogen (secondary N) is 1. The van der Waals surface area contributed by atoms with E-state index >= 15 is 0 Å². The molecule has 0 unspecified atom stereocenters. The number of terminal acetylenes is 1. The van der Waals surface area contributed by atoms with Crippen molar-refractivity contribution in [1.29, 1.82) is 0 Å². The fraction of sp³-hybridized carbons (Fsp3) is 0.176. The highest BCUT2D eigenvalue weighted by molar-refractivity contribution is 5.93. The molecule has 0 fully saturated rings. The van der Waals surface area contributed by atoms with E-state index in [2.05, 4.69) is 11.2 Å². The first-order chi connectivity index (χ1) is 11.5. The quantitative estimate of drug-likeness (QED) is 0.804. The number of hydrogen-bond donors (Lipinski definition) is 2. The molecule has 0 saturated heterocycles. The molecule has 1 amide bonds. The van der Waals surface area contributed by atoms with Crippen LogP contribution in [0.15, 0.2) is 41.3 Å². The maximum Gasteiger partial charge on any atom is 0.264 e. The maximum absolute atomic E-state index is 13.5. The summed E-state index contributed by atoms with van der Waals surface area (Å²) in [6.45, 7) is -0.0585. The average molecular weight is 331 g/mol. The van der Waals surface area contributed by atoms with Crippen LogP contribution in [0, 0.1) is 24.0 Å². The summed E-state index contributed by atoms with van der Waals surface area (Å²) in [4.78, 5) is 24.5. The first-order valence-corrected chi connectivity index (χ1v) is 7.07. The van der Waals surface area contributed by atoms with Crippen LogP contribution in [0.5, 0.6) is 0 Å². The third-order valence-electron chi connectivity index (χ3n) is 3.46. The molecule has 2 rings (SSSR count). The van der Waals surface area contributed by atoms with Crippen LogP contribution in [-0.2, 0) is 0 Å². The molecule has 0 spiro atoms. The van der Waals surface area contributed by atoms with E-state index in [1.165, 1.54) is 29.0 Å². The summed E-state index contributed by atoms with van der Waals surface area (Å²) in [5, 5.41) is 2.40. The van der Waals surface area contributed by atoms with Gasteiger partial charge in [-0.05, 0) is 29.8 Å². The van der Waals surface area contributed by atoms with Crippen molar-refractivity contribution in [3.8, 4) is 12.3 Å².